The SMILES string of the molecule is CCCC1(C(=O)Nc2cccc(CCCO)c2)CCCN1. The zero-order chi connectivity index (χ0) is 15.1. The number of amides is 1. The second kappa shape index (κ2) is 7.57. The number of carbonyl (C=O) groups excluding carboxylic acids is 1. The average molecular weight is 290 g/mol. The van der Waals surface area contributed by atoms with Gasteiger partial charge in [0.2, 0.25) is 5.91 Å². The molecule has 1 unspecified atom stereocenters. The van der Waals surface area contributed by atoms with E-state index in [0.717, 1.165) is 56.3 Å². The molecule has 4 nitrogen and oxygen atoms in total. The molecule has 0 radical (unpaired) electrons. The highest BCUT2D eigenvalue weighted by molar-refractivity contribution is 5.98. The Morgan fingerprint density at radius 1 is 1.48 bits per heavy atom. The van der Waals surface area contributed by atoms with Gasteiger partial charge in [-0.05, 0) is 56.3 Å². The first-order valence-electron chi connectivity index (χ1n) is 7.96. The van der Waals surface area contributed by atoms with E-state index in [2.05, 4.69) is 17.6 Å². The Bertz CT molecular complexity index is 468. The Balaban J connectivity index is 2.04. The minimum Gasteiger partial charge on any atom is -0.396 e. The van der Waals surface area contributed by atoms with Crippen LogP contribution in [0.5, 0.6) is 0 Å². The minimum atomic E-state index is -0.393. The summed E-state index contributed by atoms with van der Waals surface area (Å²) in [6, 6.07) is 7.91. The molecule has 1 aliphatic rings. The van der Waals surface area contributed by atoms with Crippen LogP contribution in [0, 0.1) is 0 Å². The van der Waals surface area contributed by atoms with Crippen molar-refractivity contribution in [2.75, 3.05) is 18.5 Å². The van der Waals surface area contributed by atoms with Crippen LogP contribution >= 0.6 is 0 Å². The molecular weight excluding hydrogens is 264 g/mol. The summed E-state index contributed by atoms with van der Waals surface area (Å²) in [7, 11) is 0. The highest BCUT2D eigenvalue weighted by atomic mass is 16.2. The first-order chi connectivity index (χ1) is 10.2. The van der Waals surface area contributed by atoms with Gasteiger partial charge >= 0.3 is 0 Å². The van der Waals surface area contributed by atoms with E-state index >= 15 is 0 Å². The number of aryl methyl sites for hydroxylation is 1. The molecule has 4 heteroatoms. The van der Waals surface area contributed by atoms with Gasteiger partial charge in [0.1, 0.15) is 0 Å². The number of rotatable bonds is 7. The van der Waals surface area contributed by atoms with Gasteiger partial charge in [-0.1, -0.05) is 25.5 Å². The number of aliphatic hydroxyl groups excluding tert-OH is 1. The Morgan fingerprint density at radius 3 is 3.00 bits per heavy atom. The molecule has 1 heterocycles. The summed E-state index contributed by atoms with van der Waals surface area (Å²) in [5.74, 6) is 0.0844. The van der Waals surface area contributed by atoms with Crippen molar-refractivity contribution in [3.63, 3.8) is 0 Å². The van der Waals surface area contributed by atoms with Crippen LogP contribution in [0.2, 0.25) is 0 Å². The van der Waals surface area contributed by atoms with Crippen LogP contribution in [0.4, 0.5) is 5.69 Å². The molecule has 1 amide bonds. The highest BCUT2D eigenvalue weighted by Crippen LogP contribution is 2.26. The predicted molar refractivity (Wildman–Crippen MR) is 85.4 cm³/mol. The molecule has 1 atom stereocenters. The van der Waals surface area contributed by atoms with E-state index in [1.807, 2.05) is 24.3 Å². The van der Waals surface area contributed by atoms with E-state index in [1.165, 1.54) is 0 Å². The fraction of sp³-hybridized carbons (Fsp3) is 0.588. The van der Waals surface area contributed by atoms with Gasteiger partial charge in [0, 0.05) is 12.3 Å². The van der Waals surface area contributed by atoms with Crippen LogP contribution < -0.4 is 10.6 Å². The Labute approximate surface area is 126 Å². The third-order valence-corrected chi connectivity index (χ3v) is 4.16. The lowest BCUT2D eigenvalue weighted by Crippen LogP contribution is -2.50. The smallest absolute Gasteiger partial charge is 0.244 e. The van der Waals surface area contributed by atoms with E-state index in [-0.39, 0.29) is 12.5 Å². The number of nitrogens with one attached hydrogen (secondary N) is 2. The van der Waals surface area contributed by atoms with Gasteiger partial charge in [-0.25, -0.2) is 0 Å². The lowest BCUT2D eigenvalue weighted by atomic mass is 9.90. The van der Waals surface area contributed by atoms with Crippen LogP contribution in [0.15, 0.2) is 24.3 Å². The maximum absolute atomic E-state index is 12.6. The normalized spacial score (nSPS) is 21.4. The summed E-state index contributed by atoms with van der Waals surface area (Å²) in [5.41, 5.74) is 1.60. The quantitative estimate of drug-likeness (QED) is 0.723. The van der Waals surface area contributed by atoms with Crippen molar-refractivity contribution in [2.45, 2.75) is 51.0 Å². The van der Waals surface area contributed by atoms with Crippen LogP contribution in [0.3, 0.4) is 0 Å². The molecule has 0 aromatic heterocycles. The summed E-state index contributed by atoms with van der Waals surface area (Å²) in [5, 5.41) is 15.4. The summed E-state index contributed by atoms with van der Waals surface area (Å²) in [6.07, 6.45) is 5.43. The van der Waals surface area contributed by atoms with E-state index in [0.29, 0.717) is 0 Å². The van der Waals surface area contributed by atoms with E-state index in [1.54, 1.807) is 0 Å². The predicted octanol–water partition coefficient (Wildman–Crippen LogP) is 2.47. The number of benzene rings is 1. The second-order valence-corrected chi connectivity index (χ2v) is 5.84. The van der Waals surface area contributed by atoms with Gasteiger partial charge in [0.25, 0.3) is 0 Å². The summed E-state index contributed by atoms with van der Waals surface area (Å²) in [4.78, 5) is 12.6. The molecule has 1 aromatic rings. The third kappa shape index (κ3) is 4.05. The molecule has 0 spiro atoms. The van der Waals surface area contributed by atoms with Crippen molar-refractivity contribution in [2.24, 2.45) is 0 Å². The van der Waals surface area contributed by atoms with Crippen molar-refractivity contribution in [1.29, 1.82) is 0 Å². The van der Waals surface area contributed by atoms with Gasteiger partial charge in [0.15, 0.2) is 0 Å². The van der Waals surface area contributed by atoms with Crippen molar-refractivity contribution in [3.8, 4) is 0 Å². The highest BCUT2D eigenvalue weighted by Gasteiger charge is 2.39. The van der Waals surface area contributed by atoms with Crippen molar-refractivity contribution in [3.05, 3.63) is 29.8 Å². The molecule has 3 N–H and O–H groups in total. The molecule has 1 saturated heterocycles. The summed E-state index contributed by atoms with van der Waals surface area (Å²) >= 11 is 0. The number of carbonyl (C=O) groups is 1. The summed E-state index contributed by atoms with van der Waals surface area (Å²) in [6.45, 7) is 3.23. The lowest BCUT2D eigenvalue weighted by Gasteiger charge is -2.28. The lowest BCUT2D eigenvalue weighted by molar-refractivity contribution is -0.122. The van der Waals surface area contributed by atoms with Crippen LogP contribution in [0.25, 0.3) is 0 Å². The standard InChI is InChI=1S/C17H26N2O2/c1-2-9-17(10-5-11-18-17)16(21)19-15-8-3-6-14(13-15)7-4-12-20/h3,6,8,13,18,20H,2,4-5,7,9-12H2,1H3,(H,19,21). The van der Waals surface area contributed by atoms with E-state index < -0.39 is 5.54 Å². The number of anilines is 1. The molecule has 0 aliphatic carbocycles. The minimum absolute atomic E-state index is 0.0844. The zero-order valence-electron chi connectivity index (χ0n) is 12.8. The van der Waals surface area contributed by atoms with Gasteiger partial charge in [-0.15, -0.1) is 0 Å². The van der Waals surface area contributed by atoms with Gasteiger partial charge in [0.05, 0.1) is 5.54 Å². The number of hydrogen-bond acceptors (Lipinski definition) is 3. The monoisotopic (exact) mass is 290 g/mol. The molecule has 21 heavy (non-hydrogen) atoms. The number of aliphatic hydroxyl groups is 1. The van der Waals surface area contributed by atoms with E-state index in [9.17, 15) is 4.79 Å². The van der Waals surface area contributed by atoms with Gasteiger partial charge in [-0.3, -0.25) is 4.79 Å². The Kier molecular flexibility index (Phi) is 5.76. The zero-order valence-corrected chi connectivity index (χ0v) is 12.8. The maximum atomic E-state index is 12.6. The molecule has 1 aromatic carbocycles. The maximum Gasteiger partial charge on any atom is 0.244 e. The molecule has 1 aliphatic heterocycles. The van der Waals surface area contributed by atoms with Crippen molar-refractivity contribution >= 4 is 11.6 Å². The van der Waals surface area contributed by atoms with E-state index in [4.69, 9.17) is 5.11 Å². The Morgan fingerprint density at radius 2 is 2.33 bits per heavy atom. The Hall–Kier alpha value is -1.39. The summed E-state index contributed by atoms with van der Waals surface area (Å²) < 4.78 is 0. The largest absolute Gasteiger partial charge is 0.396 e. The fourth-order valence-corrected chi connectivity index (χ4v) is 3.09. The van der Waals surface area contributed by atoms with Crippen LogP contribution in [0.1, 0.15) is 44.6 Å². The van der Waals surface area contributed by atoms with Crippen LogP contribution in [-0.2, 0) is 11.2 Å². The van der Waals surface area contributed by atoms with Gasteiger partial charge < -0.3 is 15.7 Å². The molecule has 2 rings (SSSR count). The van der Waals surface area contributed by atoms with Crippen molar-refractivity contribution in [1.82, 2.24) is 5.32 Å². The first kappa shape index (κ1) is 16.0. The molecule has 0 bridgehead atoms. The fourth-order valence-electron chi connectivity index (χ4n) is 3.09. The van der Waals surface area contributed by atoms with Gasteiger partial charge in [-0.2, -0.15) is 0 Å². The first-order valence-corrected chi connectivity index (χ1v) is 7.96. The van der Waals surface area contributed by atoms with Crippen molar-refractivity contribution < 1.29 is 9.90 Å². The molecule has 116 valence electrons. The molecule has 1 fully saturated rings. The molecular formula is C17H26N2O2. The average Bonchev–Trinajstić information content (AvgIpc) is 2.96. The second-order valence-electron chi connectivity index (χ2n) is 5.84. The topological polar surface area (TPSA) is 61.4 Å². The third-order valence-electron chi connectivity index (χ3n) is 4.16. The molecule has 0 saturated carbocycles. The number of hydrogen-bond donors (Lipinski definition) is 3. The van der Waals surface area contributed by atoms with Crippen LogP contribution in [-0.4, -0.2) is 29.7 Å².